The van der Waals surface area contributed by atoms with Crippen molar-refractivity contribution in [1.29, 1.82) is 0 Å². The summed E-state index contributed by atoms with van der Waals surface area (Å²) in [6.45, 7) is 7.54. The van der Waals surface area contributed by atoms with Crippen LogP contribution < -0.4 is 5.32 Å². The summed E-state index contributed by atoms with van der Waals surface area (Å²) in [6, 6.07) is 6.83. The van der Waals surface area contributed by atoms with E-state index < -0.39 is 11.5 Å². The van der Waals surface area contributed by atoms with Crippen LogP contribution in [-0.2, 0) is 16.1 Å². The maximum absolute atomic E-state index is 12.3. The lowest BCUT2D eigenvalue weighted by Crippen LogP contribution is -2.48. The van der Waals surface area contributed by atoms with Crippen LogP contribution in [0.25, 0.3) is 0 Å². The van der Waals surface area contributed by atoms with E-state index in [0.717, 1.165) is 5.56 Å². The predicted octanol–water partition coefficient (Wildman–Crippen LogP) is 2.85. The highest BCUT2D eigenvalue weighted by atomic mass is 35.5. The van der Waals surface area contributed by atoms with Gasteiger partial charge in [-0.25, -0.2) is 0 Å². The highest BCUT2D eigenvalue weighted by Gasteiger charge is 2.26. The summed E-state index contributed by atoms with van der Waals surface area (Å²) in [6.07, 6.45) is 0. The minimum atomic E-state index is -0.566. The Kier molecular flexibility index (Phi) is 5.78. The molecular weight excluding hydrogens is 288 g/mol. The molecule has 1 N–H and O–H groups in total. The van der Waals surface area contributed by atoms with Crippen LogP contribution >= 0.6 is 11.6 Å². The Balaban J connectivity index is 2.66. The summed E-state index contributed by atoms with van der Waals surface area (Å²) >= 11 is 6.09. The second-order valence-electron chi connectivity index (χ2n) is 6.23. The first kappa shape index (κ1) is 17.5. The van der Waals surface area contributed by atoms with Gasteiger partial charge in [0.05, 0.1) is 0 Å². The van der Waals surface area contributed by atoms with Crippen molar-refractivity contribution in [1.82, 2.24) is 10.2 Å². The third-order valence-corrected chi connectivity index (χ3v) is 3.51. The number of nitrogens with zero attached hydrogens (tertiary/aromatic N) is 1. The molecule has 4 nitrogen and oxygen atoms in total. The molecule has 0 saturated heterocycles. The zero-order chi connectivity index (χ0) is 16.2. The molecule has 116 valence electrons. The van der Waals surface area contributed by atoms with E-state index in [2.05, 4.69) is 5.32 Å². The zero-order valence-electron chi connectivity index (χ0n) is 13.2. The highest BCUT2D eigenvalue weighted by molar-refractivity contribution is 6.31. The monoisotopic (exact) mass is 310 g/mol. The number of amides is 2. The van der Waals surface area contributed by atoms with Crippen molar-refractivity contribution in [2.45, 2.75) is 40.3 Å². The Labute approximate surface area is 131 Å². The molecule has 1 aromatic carbocycles. The molecule has 0 bridgehead atoms. The van der Waals surface area contributed by atoms with E-state index in [1.165, 1.54) is 0 Å². The molecule has 0 aliphatic heterocycles. The van der Waals surface area contributed by atoms with Crippen LogP contribution in [0.4, 0.5) is 0 Å². The van der Waals surface area contributed by atoms with E-state index in [-0.39, 0.29) is 11.8 Å². The molecule has 1 unspecified atom stereocenters. The van der Waals surface area contributed by atoms with Gasteiger partial charge in [-0.05, 0) is 18.6 Å². The van der Waals surface area contributed by atoms with Gasteiger partial charge in [-0.3, -0.25) is 9.59 Å². The highest BCUT2D eigenvalue weighted by Crippen LogP contribution is 2.17. The molecule has 0 aromatic heterocycles. The fourth-order valence-corrected chi connectivity index (χ4v) is 1.96. The predicted molar refractivity (Wildman–Crippen MR) is 85.0 cm³/mol. The quantitative estimate of drug-likeness (QED) is 0.929. The average molecular weight is 311 g/mol. The van der Waals surface area contributed by atoms with Gasteiger partial charge in [0, 0.05) is 24.0 Å². The number of benzene rings is 1. The molecule has 0 radical (unpaired) electrons. The number of rotatable bonds is 4. The average Bonchev–Trinajstić information content (AvgIpc) is 2.39. The van der Waals surface area contributed by atoms with E-state index in [9.17, 15) is 9.59 Å². The molecule has 1 rings (SSSR count). The summed E-state index contributed by atoms with van der Waals surface area (Å²) in [5.74, 6) is -0.290. The first-order chi connectivity index (χ1) is 9.62. The molecule has 1 aromatic rings. The van der Waals surface area contributed by atoms with Gasteiger partial charge >= 0.3 is 0 Å². The van der Waals surface area contributed by atoms with Crippen molar-refractivity contribution in [3.8, 4) is 0 Å². The Hall–Kier alpha value is -1.55. The summed E-state index contributed by atoms with van der Waals surface area (Å²) in [7, 11) is 1.70. The van der Waals surface area contributed by atoms with Gasteiger partial charge in [-0.15, -0.1) is 0 Å². The van der Waals surface area contributed by atoms with Crippen LogP contribution in [-0.4, -0.2) is 29.8 Å². The Bertz CT molecular complexity index is 523. The number of halogens is 1. The molecule has 2 amide bonds. The minimum absolute atomic E-state index is 0.144. The fraction of sp³-hybridized carbons (Fsp3) is 0.500. The van der Waals surface area contributed by atoms with Crippen LogP contribution in [0.2, 0.25) is 5.02 Å². The van der Waals surface area contributed by atoms with Crippen molar-refractivity contribution in [3.63, 3.8) is 0 Å². The second-order valence-corrected chi connectivity index (χ2v) is 6.64. The van der Waals surface area contributed by atoms with Crippen LogP contribution in [0.1, 0.15) is 33.3 Å². The molecule has 0 saturated carbocycles. The number of likely N-dealkylation sites (N-methyl/N-ethyl adjacent to an activating group) is 1. The van der Waals surface area contributed by atoms with Gasteiger partial charge in [0.15, 0.2) is 0 Å². The molecule has 5 heteroatoms. The maximum atomic E-state index is 12.3. The van der Waals surface area contributed by atoms with E-state index in [1.54, 1.807) is 24.9 Å². The van der Waals surface area contributed by atoms with Crippen molar-refractivity contribution < 1.29 is 9.59 Å². The van der Waals surface area contributed by atoms with Gasteiger partial charge in [0.1, 0.15) is 6.04 Å². The van der Waals surface area contributed by atoms with Crippen molar-refractivity contribution in [2.75, 3.05) is 7.05 Å². The molecule has 0 spiro atoms. The molecule has 0 aliphatic carbocycles. The van der Waals surface area contributed by atoms with Crippen LogP contribution in [0.5, 0.6) is 0 Å². The fourth-order valence-electron chi connectivity index (χ4n) is 1.77. The van der Waals surface area contributed by atoms with Gasteiger partial charge in [0.25, 0.3) is 0 Å². The van der Waals surface area contributed by atoms with E-state index in [1.807, 2.05) is 39.0 Å². The lowest BCUT2D eigenvalue weighted by Gasteiger charge is -2.25. The number of carbonyl (C=O) groups is 2. The maximum Gasteiger partial charge on any atom is 0.244 e. The van der Waals surface area contributed by atoms with Crippen LogP contribution in [0, 0.1) is 5.41 Å². The largest absolute Gasteiger partial charge is 0.344 e. The summed E-state index contributed by atoms with van der Waals surface area (Å²) in [5.41, 5.74) is 0.361. The summed E-state index contributed by atoms with van der Waals surface area (Å²) < 4.78 is 0. The molecule has 1 atom stereocenters. The second kappa shape index (κ2) is 6.94. The summed E-state index contributed by atoms with van der Waals surface area (Å²) in [5, 5.41) is 3.37. The lowest BCUT2D eigenvalue weighted by atomic mass is 9.95. The Morgan fingerprint density at radius 2 is 1.86 bits per heavy atom. The first-order valence-electron chi connectivity index (χ1n) is 6.92. The SMILES string of the molecule is CC(NC(=O)C(C)(C)C)C(=O)N(C)Cc1ccccc1Cl. The van der Waals surface area contributed by atoms with Crippen LogP contribution in [0.15, 0.2) is 24.3 Å². The first-order valence-corrected chi connectivity index (χ1v) is 7.30. The molecular formula is C16H23ClN2O2. The third kappa shape index (κ3) is 5.05. The van der Waals surface area contributed by atoms with E-state index in [0.29, 0.717) is 11.6 Å². The van der Waals surface area contributed by atoms with Gasteiger partial charge < -0.3 is 10.2 Å². The number of nitrogens with one attached hydrogen (secondary N) is 1. The molecule has 0 fully saturated rings. The number of hydrogen-bond donors (Lipinski definition) is 1. The van der Waals surface area contributed by atoms with Crippen LogP contribution in [0.3, 0.4) is 0 Å². The van der Waals surface area contributed by atoms with Gasteiger partial charge in [0.2, 0.25) is 11.8 Å². The normalized spacial score (nSPS) is 12.7. The molecule has 0 aliphatic rings. The smallest absolute Gasteiger partial charge is 0.244 e. The third-order valence-electron chi connectivity index (χ3n) is 3.14. The molecule has 21 heavy (non-hydrogen) atoms. The summed E-state index contributed by atoms with van der Waals surface area (Å²) in [4.78, 5) is 25.8. The van der Waals surface area contributed by atoms with Crippen molar-refractivity contribution in [3.05, 3.63) is 34.9 Å². The number of carbonyl (C=O) groups excluding carboxylic acids is 2. The Morgan fingerprint density at radius 3 is 2.38 bits per heavy atom. The van der Waals surface area contributed by atoms with E-state index in [4.69, 9.17) is 11.6 Å². The van der Waals surface area contributed by atoms with Crippen molar-refractivity contribution in [2.24, 2.45) is 5.41 Å². The molecule has 0 heterocycles. The van der Waals surface area contributed by atoms with Gasteiger partial charge in [-0.1, -0.05) is 50.6 Å². The Morgan fingerprint density at radius 1 is 1.29 bits per heavy atom. The van der Waals surface area contributed by atoms with Crippen molar-refractivity contribution >= 4 is 23.4 Å². The standard InChI is InChI=1S/C16H23ClN2O2/c1-11(18-15(21)16(2,3)4)14(20)19(5)10-12-8-6-7-9-13(12)17/h6-9,11H,10H2,1-5H3,(H,18,21). The van der Waals surface area contributed by atoms with Gasteiger partial charge in [-0.2, -0.15) is 0 Å². The lowest BCUT2D eigenvalue weighted by molar-refractivity contribution is -0.137. The number of hydrogen-bond acceptors (Lipinski definition) is 2. The van der Waals surface area contributed by atoms with E-state index >= 15 is 0 Å². The zero-order valence-corrected chi connectivity index (χ0v) is 14.0. The minimum Gasteiger partial charge on any atom is -0.344 e. The topological polar surface area (TPSA) is 49.4 Å².